The van der Waals surface area contributed by atoms with Crippen molar-refractivity contribution in [2.24, 2.45) is 5.73 Å². The van der Waals surface area contributed by atoms with Gasteiger partial charge in [0.2, 0.25) is 5.91 Å². The van der Waals surface area contributed by atoms with Crippen LogP contribution < -0.4 is 5.73 Å². The van der Waals surface area contributed by atoms with Gasteiger partial charge in [-0.15, -0.1) is 0 Å². The summed E-state index contributed by atoms with van der Waals surface area (Å²) in [5, 5.41) is 0. The molecule has 0 fully saturated rings. The Hall–Kier alpha value is -0.260. The summed E-state index contributed by atoms with van der Waals surface area (Å²) in [6, 6.07) is 0. The average molecular weight is 193 g/mol. The molecule has 0 aromatic carbocycles. The van der Waals surface area contributed by atoms with E-state index in [1.807, 2.05) is 6.26 Å². The number of hydrogen-bond donors (Lipinski definition) is 1. The number of ether oxygens (including phenoxy) is 2. The van der Waals surface area contributed by atoms with Crippen LogP contribution in [0.15, 0.2) is 0 Å². The molecule has 0 rings (SSSR count). The van der Waals surface area contributed by atoms with Crippen molar-refractivity contribution in [1.82, 2.24) is 0 Å². The van der Waals surface area contributed by atoms with E-state index < -0.39 is 5.91 Å². The summed E-state index contributed by atoms with van der Waals surface area (Å²) >= 11 is 1.73. The van der Waals surface area contributed by atoms with Crippen molar-refractivity contribution in [2.75, 3.05) is 38.4 Å². The van der Waals surface area contributed by atoms with E-state index in [2.05, 4.69) is 0 Å². The first-order valence-electron chi connectivity index (χ1n) is 3.70. The third kappa shape index (κ3) is 9.74. The van der Waals surface area contributed by atoms with Crippen molar-refractivity contribution in [1.29, 1.82) is 0 Å². The number of rotatable bonds is 8. The van der Waals surface area contributed by atoms with Gasteiger partial charge in [-0.3, -0.25) is 4.79 Å². The smallest absolute Gasteiger partial charge is 0.243 e. The molecule has 12 heavy (non-hydrogen) atoms. The Morgan fingerprint density at radius 1 is 1.33 bits per heavy atom. The fourth-order valence-corrected chi connectivity index (χ4v) is 0.819. The van der Waals surface area contributed by atoms with Crippen molar-refractivity contribution >= 4 is 17.7 Å². The Morgan fingerprint density at radius 3 is 2.58 bits per heavy atom. The zero-order valence-corrected chi connectivity index (χ0v) is 8.06. The maximum Gasteiger partial charge on any atom is 0.243 e. The number of primary amides is 1. The van der Waals surface area contributed by atoms with Gasteiger partial charge in [0.15, 0.2) is 0 Å². The van der Waals surface area contributed by atoms with Crippen molar-refractivity contribution in [3.05, 3.63) is 0 Å². The summed E-state index contributed by atoms with van der Waals surface area (Å²) in [6.07, 6.45) is 2.02. The fraction of sp³-hybridized carbons (Fsp3) is 0.857. The van der Waals surface area contributed by atoms with Crippen LogP contribution >= 0.6 is 11.8 Å². The zero-order valence-electron chi connectivity index (χ0n) is 7.25. The molecule has 0 aliphatic carbocycles. The molecule has 72 valence electrons. The zero-order chi connectivity index (χ0) is 9.23. The third-order valence-electron chi connectivity index (χ3n) is 1.05. The Morgan fingerprint density at radius 2 is 2.00 bits per heavy atom. The molecule has 0 saturated heterocycles. The lowest BCUT2D eigenvalue weighted by Crippen LogP contribution is -2.19. The van der Waals surface area contributed by atoms with Gasteiger partial charge in [0.05, 0.1) is 19.8 Å². The van der Waals surface area contributed by atoms with Crippen LogP contribution in [-0.2, 0) is 14.3 Å². The summed E-state index contributed by atoms with van der Waals surface area (Å²) in [7, 11) is 0. The number of thioether (sulfide) groups is 1. The number of amides is 1. The second kappa shape index (κ2) is 8.83. The van der Waals surface area contributed by atoms with Gasteiger partial charge in [0.25, 0.3) is 0 Å². The summed E-state index contributed by atoms with van der Waals surface area (Å²) < 4.78 is 10.0. The minimum atomic E-state index is -0.445. The van der Waals surface area contributed by atoms with Crippen LogP contribution in [0.1, 0.15) is 0 Å². The lowest BCUT2D eigenvalue weighted by Gasteiger charge is -2.02. The first-order chi connectivity index (χ1) is 5.77. The van der Waals surface area contributed by atoms with Gasteiger partial charge in [-0.2, -0.15) is 11.8 Å². The maximum absolute atomic E-state index is 10.2. The average Bonchev–Trinajstić information content (AvgIpc) is 2.02. The first kappa shape index (κ1) is 11.7. The van der Waals surface area contributed by atoms with Crippen LogP contribution in [0.3, 0.4) is 0 Å². The SMILES string of the molecule is CSCCOCCOCC(N)=O. The molecule has 0 heterocycles. The van der Waals surface area contributed by atoms with Gasteiger partial charge >= 0.3 is 0 Å². The highest BCUT2D eigenvalue weighted by Gasteiger charge is 1.93. The third-order valence-corrected chi connectivity index (χ3v) is 1.62. The number of carbonyl (C=O) groups is 1. The van der Waals surface area contributed by atoms with Gasteiger partial charge in [-0.25, -0.2) is 0 Å². The van der Waals surface area contributed by atoms with Crippen LogP contribution in [0.25, 0.3) is 0 Å². The molecule has 0 atom stereocenters. The van der Waals surface area contributed by atoms with E-state index in [0.717, 1.165) is 12.4 Å². The van der Waals surface area contributed by atoms with Crippen molar-refractivity contribution < 1.29 is 14.3 Å². The summed E-state index contributed by atoms with van der Waals surface area (Å²) in [6.45, 7) is 1.65. The topological polar surface area (TPSA) is 61.6 Å². The van der Waals surface area contributed by atoms with Crippen LogP contribution in [0.2, 0.25) is 0 Å². The summed E-state index contributed by atoms with van der Waals surface area (Å²) in [4.78, 5) is 10.2. The molecular weight excluding hydrogens is 178 g/mol. The fourth-order valence-electron chi connectivity index (χ4n) is 0.535. The highest BCUT2D eigenvalue weighted by molar-refractivity contribution is 7.98. The quantitative estimate of drug-likeness (QED) is 0.545. The standard InChI is InChI=1S/C7H15NO3S/c1-12-5-4-10-2-3-11-6-7(8)9/h2-6H2,1H3,(H2,8,9). The monoisotopic (exact) mass is 193 g/mol. The highest BCUT2D eigenvalue weighted by atomic mass is 32.2. The van der Waals surface area contributed by atoms with Gasteiger partial charge < -0.3 is 15.2 Å². The molecule has 1 amide bonds. The minimum absolute atomic E-state index is 0.0219. The van der Waals surface area contributed by atoms with Crippen LogP contribution in [0.4, 0.5) is 0 Å². The molecule has 2 N–H and O–H groups in total. The van der Waals surface area contributed by atoms with E-state index >= 15 is 0 Å². The predicted octanol–water partition coefficient (Wildman–Crippen LogP) is -0.132. The lowest BCUT2D eigenvalue weighted by atomic mass is 10.7. The Kier molecular flexibility index (Phi) is 8.64. The largest absolute Gasteiger partial charge is 0.378 e. The Bertz CT molecular complexity index is 121. The van der Waals surface area contributed by atoms with E-state index in [4.69, 9.17) is 15.2 Å². The molecule has 0 unspecified atom stereocenters. The number of carbonyl (C=O) groups excluding carboxylic acids is 1. The van der Waals surface area contributed by atoms with E-state index in [1.165, 1.54) is 0 Å². The van der Waals surface area contributed by atoms with Crippen LogP contribution in [0.5, 0.6) is 0 Å². The van der Waals surface area contributed by atoms with Gasteiger partial charge in [0, 0.05) is 5.75 Å². The molecular formula is C7H15NO3S. The van der Waals surface area contributed by atoms with Crippen molar-refractivity contribution in [3.8, 4) is 0 Å². The normalized spacial score (nSPS) is 10.1. The van der Waals surface area contributed by atoms with Gasteiger partial charge in [-0.05, 0) is 6.26 Å². The minimum Gasteiger partial charge on any atom is -0.378 e. The molecule has 5 heteroatoms. The highest BCUT2D eigenvalue weighted by Crippen LogP contribution is 1.90. The molecule has 0 aliphatic rings. The van der Waals surface area contributed by atoms with Gasteiger partial charge in [-0.1, -0.05) is 0 Å². The molecule has 0 saturated carbocycles. The van der Waals surface area contributed by atoms with E-state index in [1.54, 1.807) is 11.8 Å². The lowest BCUT2D eigenvalue weighted by molar-refractivity contribution is -0.123. The molecule has 0 radical (unpaired) electrons. The number of nitrogens with two attached hydrogens (primary N) is 1. The Balaban J connectivity index is 2.86. The predicted molar refractivity (Wildman–Crippen MR) is 49.2 cm³/mol. The summed E-state index contributed by atoms with van der Waals surface area (Å²) in [5.74, 6) is 0.537. The first-order valence-corrected chi connectivity index (χ1v) is 5.09. The second-order valence-corrected chi connectivity index (χ2v) is 3.11. The van der Waals surface area contributed by atoms with Gasteiger partial charge in [0.1, 0.15) is 6.61 Å². The molecule has 0 spiro atoms. The number of hydrogen-bond acceptors (Lipinski definition) is 4. The van der Waals surface area contributed by atoms with Crippen molar-refractivity contribution in [3.63, 3.8) is 0 Å². The molecule has 0 aromatic rings. The molecule has 4 nitrogen and oxygen atoms in total. The maximum atomic E-state index is 10.2. The second-order valence-electron chi connectivity index (χ2n) is 2.12. The van der Waals surface area contributed by atoms with Crippen LogP contribution in [0, 0.1) is 0 Å². The molecule has 0 aromatic heterocycles. The summed E-state index contributed by atoms with van der Waals surface area (Å²) in [5.41, 5.74) is 4.85. The van der Waals surface area contributed by atoms with Crippen LogP contribution in [-0.4, -0.2) is 44.3 Å². The molecule has 0 bridgehead atoms. The van der Waals surface area contributed by atoms with E-state index in [9.17, 15) is 4.79 Å². The van der Waals surface area contributed by atoms with E-state index in [0.29, 0.717) is 13.2 Å². The molecule has 0 aliphatic heterocycles. The Labute approximate surface area is 76.8 Å². The van der Waals surface area contributed by atoms with Crippen molar-refractivity contribution in [2.45, 2.75) is 0 Å². The van der Waals surface area contributed by atoms with E-state index in [-0.39, 0.29) is 6.61 Å².